The topological polar surface area (TPSA) is 13.0 Å². The third-order valence-electron chi connectivity index (χ3n) is 6.91. The van der Waals surface area contributed by atoms with Crippen molar-refractivity contribution >= 4 is 0 Å². The molecule has 0 aromatic rings. The molecule has 2 atom stereocenters. The predicted molar refractivity (Wildman–Crippen MR) is 103 cm³/mol. The summed E-state index contributed by atoms with van der Waals surface area (Å²) < 4.78 is 0. The van der Waals surface area contributed by atoms with E-state index in [0.717, 1.165) is 18.0 Å². The highest BCUT2D eigenvalue weighted by Crippen LogP contribution is 2.24. The summed E-state index contributed by atoms with van der Waals surface area (Å²) in [5.74, 6) is 0.941. The molecule has 0 aromatic carbocycles. The van der Waals surface area contributed by atoms with Crippen molar-refractivity contribution in [1.82, 2.24) is 19.6 Å². The SMILES string of the molecule is CCC(C)N1CCC(CN2CCCC(N3CCN(C)CC3)C2)CC1. The maximum absolute atomic E-state index is 2.80. The molecule has 3 rings (SSSR count). The Morgan fingerprint density at radius 2 is 1.62 bits per heavy atom. The second kappa shape index (κ2) is 8.98. The van der Waals surface area contributed by atoms with E-state index in [1.54, 1.807) is 0 Å². The Kier molecular flexibility index (Phi) is 6.97. The Morgan fingerprint density at radius 3 is 2.29 bits per heavy atom. The van der Waals surface area contributed by atoms with E-state index in [1.807, 2.05) is 0 Å². The molecule has 3 aliphatic heterocycles. The molecule has 4 heteroatoms. The van der Waals surface area contributed by atoms with Crippen LogP contribution < -0.4 is 0 Å². The molecule has 4 nitrogen and oxygen atoms in total. The molecule has 0 N–H and O–H groups in total. The first-order valence-electron chi connectivity index (χ1n) is 10.5. The number of nitrogens with zero attached hydrogens (tertiary/aromatic N) is 4. The van der Waals surface area contributed by atoms with Crippen LogP contribution in [0.15, 0.2) is 0 Å². The molecule has 3 aliphatic rings. The zero-order chi connectivity index (χ0) is 16.9. The molecule has 0 bridgehead atoms. The van der Waals surface area contributed by atoms with Gasteiger partial charge in [0, 0.05) is 51.4 Å². The van der Waals surface area contributed by atoms with Crippen LogP contribution >= 0.6 is 0 Å². The van der Waals surface area contributed by atoms with Crippen LogP contribution in [0.1, 0.15) is 46.0 Å². The summed E-state index contributed by atoms with van der Waals surface area (Å²) >= 11 is 0. The summed E-state index contributed by atoms with van der Waals surface area (Å²) in [5.41, 5.74) is 0. The summed E-state index contributed by atoms with van der Waals surface area (Å²) in [6.07, 6.45) is 6.96. The lowest BCUT2D eigenvalue weighted by Crippen LogP contribution is -2.55. The predicted octanol–water partition coefficient (Wildman–Crippen LogP) is 2.21. The van der Waals surface area contributed by atoms with E-state index in [0.29, 0.717) is 0 Å². The highest BCUT2D eigenvalue weighted by Gasteiger charge is 2.29. The maximum atomic E-state index is 2.80. The fourth-order valence-corrected chi connectivity index (χ4v) is 4.88. The molecular formula is C20H40N4. The Balaban J connectivity index is 1.41. The number of likely N-dealkylation sites (tertiary alicyclic amines) is 2. The van der Waals surface area contributed by atoms with Gasteiger partial charge in [-0.25, -0.2) is 0 Å². The van der Waals surface area contributed by atoms with Crippen LogP contribution in [0.2, 0.25) is 0 Å². The van der Waals surface area contributed by atoms with Crippen molar-refractivity contribution in [3.05, 3.63) is 0 Å². The van der Waals surface area contributed by atoms with Gasteiger partial charge >= 0.3 is 0 Å². The van der Waals surface area contributed by atoms with Gasteiger partial charge in [0.05, 0.1) is 0 Å². The first kappa shape index (κ1) is 18.6. The minimum absolute atomic E-state index is 0.780. The van der Waals surface area contributed by atoms with E-state index in [9.17, 15) is 0 Å². The Bertz CT molecular complexity index is 359. The fourth-order valence-electron chi connectivity index (χ4n) is 4.88. The minimum atomic E-state index is 0.780. The van der Waals surface area contributed by atoms with Gasteiger partial charge in [-0.1, -0.05) is 6.92 Å². The van der Waals surface area contributed by atoms with Crippen LogP contribution in [0.25, 0.3) is 0 Å². The molecule has 3 heterocycles. The van der Waals surface area contributed by atoms with Crippen LogP contribution in [-0.4, -0.2) is 97.6 Å². The molecule has 0 aromatic heterocycles. The van der Waals surface area contributed by atoms with Crippen LogP contribution in [0, 0.1) is 5.92 Å². The van der Waals surface area contributed by atoms with Gasteiger partial charge in [-0.05, 0) is 71.6 Å². The van der Waals surface area contributed by atoms with E-state index < -0.39 is 0 Å². The monoisotopic (exact) mass is 336 g/mol. The lowest BCUT2D eigenvalue weighted by Gasteiger charge is -2.44. The number of rotatable bonds is 5. The number of hydrogen-bond acceptors (Lipinski definition) is 4. The molecule has 0 spiro atoms. The van der Waals surface area contributed by atoms with Crippen molar-refractivity contribution in [2.45, 2.75) is 58.0 Å². The van der Waals surface area contributed by atoms with Gasteiger partial charge in [0.1, 0.15) is 0 Å². The number of piperazine rings is 1. The Morgan fingerprint density at radius 1 is 0.917 bits per heavy atom. The maximum Gasteiger partial charge on any atom is 0.0224 e. The molecule has 0 amide bonds. The summed E-state index contributed by atoms with van der Waals surface area (Å²) in [6.45, 7) is 16.5. The lowest BCUT2D eigenvalue weighted by molar-refractivity contribution is 0.0459. The minimum Gasteiger partial charge on any atom is -0.304 e. The van der Waals surface area contributed by atoms with Crippen LogP contribution in [0.5, 0.6) is 0 Å². The first-order valence-corrected chi connectivity index (χ1v) is 10.5. The molecule has 0 aliphatic carbocycles. The molecular weight excluding hydrogens is 296 g/mol. The third-order valence-corrected chi connectivity index (χ3v) is 6.91. The summed E-state index contributed by atoms with van der Waals surface area (Å²) in [5, 5.41) is 0. The Labute approximate surface area is 150 Å². The molecule has 0 radical (unpaired) electrons. The molecule has 3 saturated heterocycles. The molecule has 3 fully saturated rings. The van der Waals surface area contributed by atoms with Gasteiger partial charge in [-0.2, -0.15) is 0 Å². The van der Waals surface area contributed by atoms with E-state index in [4.69, 9.17) is 0 Å². The van der Waals surface area contributed by atoms with Crippen LogP contribution in [0.4, 0.5) is 0 Å². The number of hydrogen-bond donors (Lipinski definition) is 0. The van der Waals surface area contributed by atoms with Gasteiger partial charge < -0.3 is 14.7 Å². The fraction of sp³-hybridized carbons (Fsp3) is 1.00. The van der Waals surface area contributed by atoms with Gasteiger partial charge in [-0.15, -0.1) is 0 Å². The van der Waals surface area contributed by atoms with Gasteiger partial charge in [-0.3, -0.25) is 4.90 Å². The quantitative estimate of drug-likeness (QED) is 0.763. The molecule has 2 unspecified atom stereocenters. The van der Waals surface area contributed by atoms with E-state index >= 15 is 0 Å². The summed E-state index contributed by atoms with van der Waals surface area (Å²) in [7, 11) is 2.26. The van der Waals surface area contributed by atoms with Crippen molar-refractivity contribution in [2.75, 3.05) is 66.0 Å². The highest BCUT2D eigenvalue weighted by molar-refractivity contribution is 4.85. The van der Waals surface area contributed by atoms with Crippen LogP contribution in [-0.2, 0) is 0 Å². The Hall–Kier alpha value is -0.160. The largest absolute Gasteiger partial charge is 0.304 e. The average Bonchev–Trinajstić information content (AvgIpc) is 2.62. The van der Waals surface area contributed by atoms with E-state index in [1.165, 1.54) is 91.0 Å². The summed E-state index contributed by atoms with van der Waals surface area (Å²) in [6, 6.07) is 1.61. The normalized spacial score (nSPS) is 31.4. The first-order chi connectivity index (χ1) is 11.7. The smallest absolute Gasteiger partial charge is 0.0224 e. The lowest BCUT2D eigenvalue weighted by atomic mass is 9.93. The molecule has 0 saturated carbocycles. The van der Waals surface area contributed by atoms with E-state index in [2.05, 4.69) is 40.5 Å². The average molecular weight is 337 g/mol. The standard InChI is InChI=1S/C20H40N4/c1-4-18(2)23-10-7-19(8-11-23)16-22-9-5-6-20(17-22)24-14-12-21(3)13-15-24/h18-20H,4-17H2,1-3H3. The van der Waals surface area contributed by atoms with Crippen molar-refractivity contribution in [3.63, 3.8) is 0 Å². The van der Waals surface area contributed by atoms with Crippen molar-refractivity contribution in [1.29, 1.82) is 0 Å². The molecule has 140 valence electrons. The van der Waals surface area contributed by atoms with E-state index in [-0.39, 0.29) is 0 Å². The van der Waals surface area contributed by atoms with Crippen LogP contribution in [0.3, 0.4) is 0 Å². The van der Waals surface area contributed by atoms with Gasteiger partial charge in [0.25, 0.3) is 0 Å². The second-order valence-electron chi connectivity index (χ2n) is 8.63. The number of likely N-dealkylation sites (N-methyl/N-ethyl adjacent to an activating group) is 1. The van der Waals surface area contributed by atoms with Crippen molar-refractivity contribution in [3.8, 4) is 0 Å². The zero-order valence-electron chi connectivity index (χ0n) is 16.4. The summed E-state index contributed by atoms with van der Waals surface area (Å²) in [4.78, 5) is 10.8. The number of piperidine rings is 2. The molecule has 24 heavy (non-hydrogen) atoms. The van der Waals surface area contributed by atoms with Crippen molar-refractivity contribution in [2.24, 2.45) is 5.92 Å². The van der Waals surface area contributed by atoms with Gasteiger partial charge in [0.2, 0.25) is 0 Å². The second-order valence-corrected chi connectivity index (χ2v) is 8.63. The zero-order valence-corrected chi connectivity index (χ0v) is 16.4. The van der Waals surface area contributed by atoms with Crippen molar-refractivity contribution < 1.29 is 0 Å². The highest BCUT2D eigenvalue weighted by atomic mass is 15.3. The van der Waals surface area contributed by atoms with Gasteiger partial charge in [0.15, 0.2) is 0 Å². The third kappa shape index (κ3) is 4.94.